The van der Waals surface area contributed by atoms with E-state index in [1.807, 2.05) is 6.92 Å². The topological polar surface area (TPSA) is 74.0 Å². The quantitative estimate of drug-likeness (QED) is 0.893. The van der Waals surface area contributed by atoms with Crippen LogP contribution in [0.1, 0.15) is 17.3 Å². The summed E-state index contributed by atoms with van der Waals surface area (Å²) in [5.41, 5.74) is 6.38. The van der Waals surface area contributed by atoms with Gasteiger partial charge in [0.25, 0.3) is 5.91 Å². The summed E-state index contributed by atoms with van der Waals surface area (Å²) in [5.74, 6) is 1.07. The molecule has 1 saturated heterocycles. The molecule has 21 heavy (non-hydrogen) atoms. The molecule has 6 nitrogen and oxygen atoms in total. The van der Waals surface area contributed by atoms with E-state index in [-0.39, 0.29) is 18.1 Å². The summed E-state index contributed by atoms with van der Waals surface area (Å²) in [4.78, 5) is 14.4. The van der Waals surface area contributed by atoms with Gasteiger partial charge >= 0.3 is 0 Å². The fourth-order valence-corrected chi connectivity index (χ4v) is 2.32. The molecule has 1 aromatic carbocycles. The minimum Gasteiger partial charge on any atom is -0.497 e. The van der Waals surface area contributed by atoms with Crippen LogP contribution in [0.3, 0.4) is 0 Å². The number of nitrogens with two attached hydrogens (primary N) is 1. The maximum atomic E-state index is 12.7. The molecular weight excluding hydrogens is 272 g/mol. The summed E-state index contributed by atoms with van der Waals surface area (Å²) < 4.78 is 16.0. The van der Waals surface area contributed by atoms with Crippen LogP contribution in [-0.4, -0.2) is 56.9 Å². The number of nitrogens with zero attached hydrogens (tertiary/aromatic N) is 1. The molecule has 2 N–H and O–H groups in total. The van der Waals surface area contributed by atoms with Gasteiger partial charge in [-0.25, -0.2) is 0 Å². The summed E-state index contributed by atoms with van der Waals surface area (Å²) >= 11 is 0. The Morgan fingerprint density at radius 1 is 1.43 bits per heavy atom. The number of amides is 1. The second kappa shape index (κ2) is 6.78. The van der Waals surface area contributed by atoms with Crippen molar-refractivity contribution in [3.05, 3.63) is 23.8 Å². The van der Waals surface area contributed by atoms with E-state index in [0.29, 0.717) is 36.8 Å². The van der Waals surface area contributed by atoms with E-state index in [4.69, 9.17) is 19.9 Å². The lowest BCUT2D eigenvalue weighted by Gasteiger charge is -2.35. The number of morpholine rings is 1. The van der Waals surface area contributed by atoms with Gasteiger partial charge < -0.3 is 24.8 Å². The van der Waals surface area contributed by atoms with Gasteiger partial charge in [-0.05, 0) is 19.1 Å². The fraction of sp³-hybridized carbons (Fsp3) is 0.533. The highest BCUT2D eigenvalue weighted by atomic mass is 16.5. The van der Waals surface area contributed by atoms with Crippen LogP contribution in [0.2, 0.25) is 0 Å². The molecule has 2 unspecified atom stereocenters. The standard InChI is InChI=1S/C15H22N2O4/c1-10(16)14-9-17(6-7-21-14)15(18)12-5-4-11(19-2)8-13(12)20-3/h4-5,8,10,14H,6-7,9,16H2,1-3H3. The second-order valence-corrected chi connectivity index (χ2v) is 5.09. The Kier molecular flexibility index (Phi) is 5.03. The SMILES string of the molecule is COc1ccc(C(=O)N2CCOC(C(C)N)C2)c(OC)c1. The largest absolute Gasteiger partial charge is 0.497 e. The molecule has 1 aliphatic rings. The Bertz CT molecular complexity index is 504. The minimum absolute atomic E-state index is 0.0801. The lowest BCUT2D eigenvalue weighted by Crippen LogP contribution is -2.51. The number of carbonyl (C=O) groups excluding carboxylic acids is 1. The van der Waals surface area contributed by atoms with E-state index in [1.54, 1.807) is 30.2 Å². The summed E-state index contributed by atoms with van der Waals surface area (Å²) in [5, 5.41) is 0. The highest BCUT2D eigenvalue weighted by Crippen LogP contribution is 2.26. The summed E-state index contributed by atoms with van der Waals surface area (Å²) in [6.07, 6.45) is -0.132. The first-order chi connectivity index (χ1) is 10.1. The Labute approximate surface area is 124 Å². The molecule has 0 spiro atoms. The third kappa shape index (κ3) is 3.46. The van der Waals surface area contributed by atoms with E-state index in [0.717, 1.165) is 0 Å². The molecule has 1 heterocycles. The predicted molar refractivity (Wildman–Crippen MR) is 78.8 cm³/mol. The zero-order valence-corrected chi connectivity index (χ0v) is 12.7. The number of ether oxygens (including phenoxy) is 3. The normalized spacial score (nSPS) is 20.0. The zero-order valence-electron chi connectivity index (χ0n) is 12.7. The first-order valence-corrected chi connectivity index (χ1v) is 6.95. The van der Waals surface area contributed by atoms with Gasteiger partial charge in [-0.3, -0.25) is 4.79 Å². The number of rotatable bonds is 4. The van der Waals surface area contributed by atoms with Gasteiger partial charge in [0.05, 0.1) is 32.5 Å². The van der Waals surface area contributed by atoms with Gasteiger partial charge in [-0.2, -0.15) is 0 Å². The highest BCUT2D eigenvalue weighted by Gasteiger charge is 2.28. The van der Waals surface area contributed by atoms with Crippen LogP contribution in [0.25, 0.3) is 0 Å². The zero-order chi connectivity index (χ0) is 15.4. The van der Waals surface area contributed by atoms with E-state index in [2.05, 4.69) is 0 Å². The van der Waals surface area contributed by atoms with Crippen LogP contribution >= 0.6 is 0 Å². The first-order valence-electron chi connectivity index (χ1n) is 6.95. The maximum absolute atomic E-state index is 12.7. The van der Waals surface area contributed by atoms with Crippen LogP contribution in [0, 0.1) is 0 Å². The van der Waals surface area contributed by atoms with Crippen molar-refractivity contribution in [2.24, 2.45) is 5.73 Å². The van der Waals surface area contributed by atoms with E-state index >= 15 is 0 Å². The van der Waals surface area contributed by atoms with Crippen molar-refractivity contribution in [2.45, 2.75) is 19.1 Å². The Morgan fingerprint density at radius 3 is 2.81 bits per heavy atom. The minimum atomic E-state index is -0.132. The first kappa shape index (κ1) is 15.6. The van der Waals surface area contributed by atoms with Gasteiger partial charge in [0, 0.05) is 25.2 Å². The number of carbonyl (C=O) groups is 1. The van der Waals surface area contributed by atoms with E-state index in [9.17, 15) is 4.79 Å². The van der Waals surface area contributed by atoms with Crippen molar-refractivity contribution >= 4 is 5.91 Å². The van der Waals surface area contributed by atoms with Crippen LogP contribution in [0.4, 0.5) is 0 Å². The Balaban J connectivity index is 2.19. The molecule has 0 aromatic heterocycles. The van der Waals surface area contributed by atoms with E-state index < -0.39 is 0 Å². The molecule has 0 radical (unpaired) electrons. The van der Waals surface area contributed by atoms with Gasteiger partial charge in [0.1, 0.15) is 11.5 Å². The molecule has 0 saturated carbocycles. The van der Waals surface area contributed by atoms with Crippen molar-refractivity contribution in [1.29, 1.82) is 0 Å². The fourth-order valence-electron chi connectivity index (χ4n) is 2.32. The van der Waals surface area contributed by atoms with Crippen LogP contribution < -0.4 is 15.2 Å². The Morgan fingerprint density at radius 2 is 2.19 bits per heavy atom. The molecule has 0 bridgehead atoms. The average Bonchev–Trinajstić information content (AvgIpc) is 2.53. The van der Waals surface area contributed by atoms with Crippen molar-refractivity contribution in [3.8, 4) is 11.5 Å². The molecular formula is C15H22N2O4. The number of hydrogen-bond donors (Lipinski definition) is 1. The molecule has 116 valence electrons. The molecule has 1 fully saturated rings. The lowest BCUT2D eigenvalue weighted by molar-refractivity contribution is -0.0300. The van der Waals surface area contributed by atoms with Crippen LogP contribution in [-0.2, 0) is 4.74 Å². The van der Waals surface area contributed by atoms with Crippen molar-refractivity contribution < 1.29 is 19.0 Å². The molecule has 0 aliphatic carbocycles. The molecule has 2 rings (SSSR count). The maximum Gasteiger partial charge on any atom is 0.257 e. The smallest absolute Gasteiger partial charge is 0.257 e. The van der Waals surface area contributed by atoms with Crippen LogP contribution in [0.15, 0.2) is 18.2 Å². The van der Waals surface area contributed by atoms with Crippen molar-refractivity contribution in [3.63, 3.8) is 0 Å². The predicted octanol–water partition coefficient (Wildman–Crippen LogP) is 0.892. The number of benzene rings is 1. The third-order valence-corrected chi connectivity index (χ3v) is 3.61. The molecule has 2 atom stereocenters. The summed E-state index contributed by atoms with van der Waals surface area (Å²) in [6, 6.07) is 5.06. The van der Waals surface area contributed by atoms with Gasteiger partial charge in [0.15, 0.2) is 0 Å². The summed E-state index contributed by atoms with van der Waals surface area (Å²) in [7, 11) is 3.11. The Hall–Kier alpha value is -1.79. The number of hydrogen-bond acceptors (Lipinski definition) is 5. The van der Waals surface area contributed by atoms with E-state index in [1.165, 1.54) is 7.11 Å². The monoisotopic (exact) mass is 294 g/mol. The number of methoxy groups -OCH3 is 2. The highest BCUT2D eigenvalue weighted by molar-refractivity contribution is 5.97. The molecule has 1 aliphatic heterocycles. The molecule has 1 aromatic rings. The van der Waals surface area contributed by atoms with Gasteiger partial charge in [-0.15, -0.1) is 0 Å². The molecule has 6 heteroatoms. The summed E-state index contributed by atoms with van der Waals surface area (Å²) in [6.45, 7) is 3.42. The van der Waals surface area contributed by atoms with Crippen LogP contribution in [0.5, 0.6) is 11.5 Å². The lowest BCUT2D eigenvalue weighted by atomic mass is 10.1. The van der Waals surface area contributed by atoms with Crippen molar-refractivity contribution in [1.82, 2.24) is 4.90 Å². The van der Waals surface area contributed by atoms with Gasteiger partial charge in [0.2, 0.25) is 0 Å². The van der Waals surface area contributed by atoms with Crippen molar-refractivity contribution in [2.75, 3.05) is 33.9 Å². The average molecular weight is 294 g/mol. The molecule has 1 amide bonds. The third-order valence-electron chi connectivity index (χ3n) is 3.61. The second-order valence-electron chi connectivity index (χ2n) is 5.09. The van der Waals surface area contributed by atoms with Gasteiger partial charge in [-0.1, -0.05) is 0 Å².